The minimum absolute atomic E-state index is 0.0191. The van der Waals surface area contributed by atoms with E-state index in [0.717, 1.165) is 0 Å². The normalized spacial score (nSPS) is 14.8. The van der Waals surface area contributed by atoms with Crippen LogP contribution in [0, 0.1) is 0 Å². The van der Waals surface area contributed by atoms with E-state index in [2.05, 4.69) is 4.98 Å². The Balaban J connectivity index is 1.69. The molecule has 0 N–H and O–H groups in total. The Morgan fingerprint density at radius 1 is 1.09 bits per heavy atom. The zero-order valence-electron chi connectivity index (χ0n) is 18.4. The molecule has 0 unspecified atom stereocenters. The molecule has 0 bridgehead atoms. The van der Waals surface area contributed by atoms with E-state index in [1.54, 1.807) is 42.0 Å². The Kier molecular flexibility index (Phi) is 7.53. The number of hydrogen-bond acceptors (Lipinski definition) is 5. The second-order valence-electron chi connectivity index (χ2n) is 7.93. The number of nitrogens with zero attached hydrogens (tertiary/aromatic N) is 4. The molecule has 1 aromatic carbocycles. The second-order valence-corrected chi connectivity index (χ2v) is 10.3. The summed E-state index contributed by atoms with van der Waals surface area (Å²) in [5, 5.41) is 0.190. The summed E-state index contributed by atoms with van der Waals surface area (Å²) in [5.74, 6) is -0.394. The predicted molar refractivity (Wildman–Crippen MR) is 122 cm³/mol. The minimum Gasteiger partial charge on any atom is -0.339 e. The molecule has 10 heteroatoms. The predicted octanol–water partition coefficient (Wildman–Crippen LogP) is 2.29. The summed E-state index contributed by atoms with van der Waals surface area (Å²) in [4.78, 5) is 33.1. The van der Waals surface area contributed by atoms with Crippen molar-refractivity contribution in [1.29, 1.82) is 0 Å². The molecule has 1 aliphatic rings. The number of aromatic nitrogens is 1. The van der Waals surface area contributed by atoms with Gasteiger partial charge in [0.25, 0.3) is 5.91 Å². The molecule has 0 saturated carbocycles. The van der Waals surface area contributed by atoms with Crippen LogP contribution in [-0.2, 0) is 21.2 Å². The Morgan fingerprint density at radius 3 is 2.34 bits per heavy atom. The monoisotopic (exact) mass is 478 g/mol. The maximum atomic E-state index is 13.1. The largest absolute Gasteiger partial charge is 0.339 e. The van der Waals surface area contributed by atoms with Crippen LogP contribution < -0.4 is 0 Å². The first-order valence-electron chi connectivity index (χ1n) is 10.4. The third-order valence-corrected chi connectivity index (χ3v) is 7.91. The Hall–Kier alpha value is -2.49. The number of piperazine rings is 1. The van der Waals surface area contributed by atoms with Gasteiger partial charge in [-0.15, -0.1) is 0 Å². The summed E-state index contributed by atoms with van der Waals surface area (Å²) < 4.78 is 26.9. The van der Waals surface area contributed by atoms with Crippen LogP contribution >= 0.6 is 11.6 Å². The molecular weight excluding hydrogens is 452 g/mol. The van der Waals surface area contributed by atoms with Crippen LogP contribution in [0.15, 0.2) is 47.5 Å². The summed E-state index contributed by atoms with van der Waals surface area (Å²) in [7, 11) is -2.25. The lowest BCUT2D eigenvalue weighted by Gasteiger charge is -2.35. The summed E-state index contributed by atoms with van der Waals surface area (Å²) >= 11 is 6.24. The summed E-state index contributed by atoms with van der Waals surface area (Å²) in [6.45, 7) is 5.01. The van der Waals surface area contributed by atoms with E-state index in [-0.39, 0.29) is 39.8 Å². The van der Waals surface area contributed by atoms with Crippen LogP contribution in [0.5, 0.6) is 0 Å². The second kappa shape index (κ2) is 9.97. The fourth-order valence-corrected chi connectivity index (χ4v) is 4.96. The van der Waals surface area contributed by atoms with Crippen LogP contribution in [0.3, 0.4) is 0 Å². The van der Waals surface area contributed by atoms with E-state index in [1.807, 2.05) is 6.07 Å². The summed E-state index contributed by atoms with van der Waals surface area (Å²) in [5.41, 5.74) is 0.838. The highest BCUT2D eigenvalue weighted by atomic mass is 35.5. The molecule has 1 saturated heterocycles. The van der Waals surface area contributed by atoms with Crippen molar-refractivity contribution >= 4 is 33.4 Å². The first kappa shape index (κ1) is 24.2. The van der Waals surface area contributed by atoms with Gasteiger partial charge in [0, 0.05) is 51.2 Å². The van der Waals surface area contributed by atoms with Gasteiger partial charge in [0.1, 0.15) is 0 Å². The quantitative estimate of drug-likeness (QED) is 0.635. The van der Waals surface area contributed by atoms with Crippen molar-refractivity contribution < 1.29 is 18.0 Å². The van der Waals surface area contributed by atoms with Crippen LogP contribution in [0.1, 0.15) is 29.9 Å². The number of hydrogen-bond donors (Lipinski definition) is 0. The molecule has 0 spiro atoms. The molecule has 0 atom stereocenters. The summed E-state index contributed by atoms with van der Waals surface area (Å²) in [6, 6.07) is 9.37. The maximum absolute atomic E-state index is 13.1. The third kappa shape index (κ3) is 5.28. The number of benzene rings is 1. The Bertz CT molecular complexity index is 1080. The van der Waals surface area contributed by atoms with Crippen LogP contribution in [0.25, 0.3) is 0 Å². The van der Waals surface area contributed by atoms with E-state index in [1.165, 1.54) is 29.6 Å². The molecule has 0 aliphatic carbocycles. The first-order chi connectivity index (χ1) is 15.1. The zero-order chi connectivity index (χ0) is 23.5. The SMILES string of the molecule is CC(C)N(C)S(=O)(=O)c1ccc(Cl)c(C(=O)N2CCN(C(=O)Cc3ccccn3)CC2)c1. The highest BCUT2D eigenvalue weighted by Crippen LogP contribution is 2.25. The van der Waals surface area contributed by atoms with Crippen molar-refractivity contribution in [1.82, 2.24) is 19.1 Å². The molecule has 8 nitrogen and oxygen atoms in total. The van der Waals surface area contributed by atoms with Crippen molar-refractivity contribution in [2.24, 2.45) is 0 Å². The van der Waals surface area contributed by atoms with Gasteiger partial charge in [0.15, 0.2) is 0 Å². The maximum Gasteiger partial charge on any atom is 0.255 e. The average molecular weight is 479 g/mol. The third-order valence-electron chi connectivity index (χ3n) is 5.55. The molecule has 2 heterocycles. The van der Waals surface area contributed by atoms with Crippen LogP contribution in [0.4, 0.5) is 0 Å². The first-order valence-corrected chi connectivity index (χ1v) is 12.2. The van der Waals surface area contributed by atoms with Gasteiger partial charge in [-0.25, -0.2) is 8.42 Å². The minimum atomic E-state index is -3.75. The Morgan fingerprint density at radius 2 is 1.75 bits per heavy atom. The van der Waals surface area contributed by atoms with Crippen LogP contribution in [0.2, 0.25) is 5.02 Å². The van der Waals surface area contributed by atoms with Gasteiger partial charge < -0.3 is 9.80 Å². The number of rotatable bonds is 6. The van der Waals surface area contributed by atoms with Crippen molar-refractivity contribution in [3.63, 3.8) is 0 Å². The van der Waals surface area contributed by atoms with Gasteiger partial charge in [-0.1, -0.05) is 17.7 Å². The molecule has 2 aromatic rings. The van der Waals surface area contributed by atoms with E-state index in [9.17, 15) is 18.0 Å². The molecule has 1 aromatic heterocycles. The number of carbonyl (C=O) groups is 2. The Labute approximate surface area is 193 Å². The molecule has 2 amide bonds. The van der Waals surface area contributed by atoms with Gasteiger partial charge in [-0.05, 0) is 44.2 Å². The number of carbonyl (C=O) groups excluding carboxylic acids is 2. The van der Waals surface area contributed by atoms with Crippen molar-refractivity contribution in [3.05, 3.63) is 58.9 Å². The molecule has 172 valence electrons. The van der Waals surface area contributed by atoms with Crippen molar-refractivity contribution in [2.45, 2.75) is 31.2 Å². The highest BCUT2D eigenvalue weighted by molar-refractivity contribution is 7.89. The lowest BCUT2D eigenvalue weighted by Crippen LogP contribution is -2.51. The molecule has 32 heavy (non-hydrogen) atoms. The lowest BCUT2D eigenvalue weighted by molar-refractivity contribution is -0.132. The fourth-order valence-electron chi connectivity index (χ4n) is 3.37. The summed E-state index contributed by atoms with van der Waals surface area (Å²) in [6.07, 6.45) is 1.86. The average Bonchev–Trinajstić information content (AvgIpc) is 2.79. The molecule has 3 rings (SSSR count). The van der Waals surface area contributed by atoms with E-state index >= 15 is 0 Å². The lowest BCUT2D eigenvalue weighted by atomic mass is 10.1. The van der Waals surface area contributed by atoms with E-state index in [0.29, 0.717) is 31.9 Å². The van der Waals surface area contributed by atoms with E-state index < -0.39 is 10.0 Å². The van der Waals surface area contributed by atoms with Crippen molar-refractivity contribution in [3.8, 4) is 0 Å². The molecule has 1 fully saturated rings. The highest BCUT2D eigenvalue weighted by Gasteiger charge is 2.29. The molecular formula is C22H27ClN4O4S. The number of halogens is 1. The van der Waals surface area contributed by atoms with Gasteiger partial charge in [-0.2, -0.15) is 4.31 Å². The number of sulfonamides is 1. The van der Waals surface area contributed by atoms with E-state index in [4.69, 9.17) is 11.6 Å². The smallest absolute Gasteiger partial charge is 0.255 e. The fraction of sp³-hybridized carbons (Fsp3) is 0.409. The van der Waals surface area contributed by atoms with Gasteiger partial charge in [-0.3, -0.25) is 14.6 Å². The van der Waals surface area contributed by atoms with Gasteiger partial charge in [0.05, 0.1) is 21.9 Å². The topological polar surface area (TPSA) is 90.9 Å². The van der Waals surface area contributed by atoms with Gasteiger partial charge in [0.2, 0.25) is 15.9 Å². The molecule has 0 radical (unpaired) electrons. The standard InChI is InChI=1S/C22H27ClN4O4S/c1-16(2)25(3)32(30,31)18-7-8-20(23)19(15-18)22(29)27-12-10-26(11-13-27)21(28)14-17-6-4-5-9-24-17/h4-9,15-16H,10-14H2,1-3H3. The van der Waals surface area contributed by atoms with Gasteiger partial charge >= 0.3 is 0 Å². The van der Waals surface area contributed by atoms with Crippen LogP contribution in [-0.4, -0.2) is 78.6 Å². The molecule has 1 aliphatic heterocycles. The zero-order valence-corrected chi connectivity index (χ0v) is 19.9. The van der Waals surface area contributed by atoms with Crippen molar-refractivity contribution in [2.75, 3.05) is 33.2 Å². The number of pyridine rings is 1. The number of amides is 2.